The molecule has 0 aliphatic rings. The Morgan fingerprint density at radius 2 is 0.806 bits per heavy atom. The van der Waals surface area contributed by atoms with Crippen LogP contribution >= 0.6 is 25.3 Å². The van der Waals surface area contributed by atoms with Gasteiger partial charge in [-0.2, -0.15) is 0 Å². The third kappa shape index (κ3) is 5.44. The van der Waals surface area contributed by atoms with Crippen LogP contribution in [0.25, 0.3) is 0 Å². The molecule has 0 bridgehead atoms. The number of benzene rings is 4. The third-order valence-electron chi connectivity index (χ3n) is 5.49. The molecule has 0 saturated heterocycles. The topological polar surface area (TPSA) is 24.1 Å². The summed E-state index contributed by atoms with van der Waals surface area (Å²) < 4.78 is 84.8. The van der Waals surface area contributed by atoms with Gasteiger partial charge in [-0.1, -0.05) is 24.3 Å². The first-order chi connectivity index (χ1) is 17.2. The summed E-state index contributed by atoms with van der Waals surface area (Å²) in [5.74, 6) is -9.17. The van der Waals surface area contributed by atoms with E-state index in [9.17, 15) is 26.3 Å². The zero-order valence-electron chi connectivity index (χ0n) is 18.2. The minimum Gasteiger partial charge on any atom is -0.375 e. The molecule has 4 rings (SSSR count). The Kier molecular flexibility index (Phi) is 7.75. The Hall–Kier alpha value is -3.24. The van der Waals surface area contributed by atoms with Crippen molar-refractivity contribution in [3.8, 4) is 0 Å². The monoisotopic (exact) mass is 536 g/mol. The van der Waals surface area contributed by atoms with Gasteiger partial charge in [0.15, 0.2) is 34.9 Å². The number of anilines is 2. The van der Waals surface area contributed by atoms with Crippen LogP contribution in [0, 0.1) is 34.9 Å². The molecule has 0 aromatic heterocycles. The van der Waals surface area contributed by atoms with Crippen LogP contribution in [0.4, 0.5) is 37.7 Å². The quantitative estimate of drug-likeness (QED) is 0.109. The van der Waals surface area contributed by atoms with Crippen molar-refractivity contribution in [1.82, 2.24) is 0 Å². The number of hydrogen-bond donors (Lipinski definition) is 4. The standard InChI is InChI=1S/C26H18F6N2S2/c27-15-9-13(10-16(28)23(15)31)25(33-19-5-1-3-7-21(19)35)26(34-20-6-2-4-8-22(20)36)14-11-17(29)24(32)18(30)12-14/h1-12,25-26,33-36H. The fourth-order valence-electron chi connectivity index (χ4n) is 3.75. The SMILES string of the molecule is Fc1cc(C(Nc2ccccc2S)C(Nc2ccccc2S)c2cc(F)c(F)c(F)c2)cc(F)c1F. The van der Waals surface area contributed by atoms with E-state index in [1.54, 1.807) is 48.5 Å². The zero-order valence-corrected chi connectivity index (χ0v) is 20.0. The van der Waals surface area contributed by atoms with Crippen LogP contribution in [-0.2, 0) is 0 Å². The van der Waals surface area contributed by atoms with Gasteiger partial charge < -0.3 is 10.6 Å². The van der Waals surface area contributed by atoms with E-state index in [-0.39, 0.29) is 11.1 Å². The molecule has 0 aliphatic carbocycles. The summed E-state index contributed by atoms with van der Waals surface area (Å²) in [7, 11) is 0. The molecule has 4 aromatic carbocycles. The number of thiol groups is 2. The second-order valence-corrected chi connectivity index (χ2v) is 8.84. The molecule has 2 unspecified atom stereocenters. The average molecular weight is 537 g/mol. The summed E-state index contributed by atoms with van der Waals surface area (Å²) in [6.45, 7) is 0. The van der Waals surface area contributed by atoms with Gasteiger partial charge in [-0.15, -0.1) is 25.3 Å². The molecular weight excluding hydrogens is 518 g/mol. The Balaban J connectivity index is 1.94. The van der Waals surface area contributed by atoms with Crippen molar-refractivity contribution in [2.75, 3.05) is 10.6 Å². The van der Waals surface area contributed by atoms with Gasteiger partial charge in [0.1, 0.15) is 0 Å². The highest BCUT2D eigenvalue weighted by atomic mass is 32.1. The predicted molar refractivity (Wildman–Crippen MR) is 133 cm³/mol. The van der Waals surface area contributed by atoms with Crippen molar-refractivity contribution >= 4 is 36.6 Å². The Labute approximate surface area is 214 Å². The van der Waals surface area contributed by atoms with Gasteiger partial charge in [0.05, 0.1) is 12.1 Å². The summed E-state index contributed by atoms with van der Waals surface area (Å²) in [5, 5.41) is 6.14. The van der Waals surface area contributed by atoms with Gasteiger partial charge in [-0.25, -0.2) is 26.3 Å². The summed E-state index contributed by atoms with van der Waals surface area (Å²) in [4.78, 5) is 0.908. The molecule has 0 heterocycles. The van der Waals surface area contributed by atoms with Crippen LogP contribution < -0.4 is 10.6 Å². The van der Waals surface area contributed by atoms with Crippen molar-refractivity contribution in [2.45, 2.75) is 21.9 Å². The molecule has 0 aliphatic heterocycles. The van der Waals surface area contributed by atoms with E-state index in [1.807, 2.05) is 0 Å². The summed E-state index contributed by atoms with van der Waals surface area (Å²) >= 11 is 8.77. The van der Waals surface area contributed by atoms with Gasteiger partial charge >= 0.3 is 0 Å². The number of nitrogens with one attached hydrogen (secondary N) is 2. The maximum Gasteiger partial charge on any atom is 0.194 e. The van der Waals surface area contributed by atoms with Gasteiger partial charge in [0.25, 0.3) is 0 Å². The van der Waals surface area contributed by atoms with Crippen LogP contribution in [0.2, 0.25) is 0 Å². The second kappa shape index (κ2) is 10.8. The molecule has 2 atom stereocenters. The largest absolute Gasteiger partial charge is 0.375 e. The number of para-hydroxylation sites is 2. The molecule has 0 amide bonds. The Bertz CT molecular complexity index is 1260. The molecule has 2 N–H and O–H groups in total. The number of halogens is 6. The van der Waals surface area contributed by atoms with E-state index in [4.69, 9.17) is 0 Å². The molecule has 4 aromatic rings. The molecule has 10 heteroatoms. The Morgan fingerprint density at radius 3 is 1.11 bits per heavy atom. The highest BCUT2D eigenvalue weighted by Gasteiger charge is 2.30. The fraction of sp³-hybridized carbons (Fsp3) is 0.0769. The van der Waals surface area contributed by atoms with Gasteiger partial charge in [-0.05, 0) is 59.7 Å². The molecule has 186 valence electrons. The van der Waals surface area contributed by atoms with Gasteiger partial charge in [0, 0.05) is 21.2 Å². The lowest BCUT2D eigenvalue weighted by atomic mass is 9.92. The smallest absolute Gasteiger partial charge is 0.194 e. The van der Waals surface area contributed by atoms with E-state index < -0.39 is 47.0 Å². The molecule has 2 nitrogen and oxygen atoms in total. The van der Waals surface area contributed by atoms with Crippen LogP contribution in [0.1, 0.15) is 23.2 Å². The van der Waals surface area contributed by atoms with E-state index in [2.05, 4.69) is 35.9 Å². The highest BCUT2D eigenvalue weighted by molar-refractivity contribution is 7.80. The lowest BCUT2D eigenvalue weighted by molar-refractivity contribution is 0.439. The molecule has 0 radical (unpaired) electrons. The summed E-state index contributed by atoms with van der Waals surface area (Å²) in [6.07, 6.45) is 0. The molecule has 0 saturated carbocycles. The van der Waals surface area contributed by atoms with E-state index in [1.165, 1.54) is 0 Å². The van der Waals surface area contributed by atoms with E-state index in [0.717, 1.165) is 24.3 Å². The third-order valence-corrected chi connectivity index (χ3v) is 6.27. The first-order valence-electron chi connectivity index (χ1n) is 10.5. The normalized spacial score (nSPS) is 12.8. The second-order valence-electron chi connectivity index (χ2n) is 7.88. The minimum absolute atomic E-state index is 0.0951. The van der Waals surface area contributed by atoms with Crippen molar-refractivity contribution < 1.29 is 26.3 Å². The zero-order chi connectivity index (χ0) is 26.0. The highest BCUT2D eigenvalue weighted by Crippen LogP contribution is 2.39. The molecular formula is C26H18F6N2S2. The van der Waals surface area contributed by atoms with E-state index >= 15 is 0 Å². The first kappa shape index (κ1) is 25.8. The first-order valence-corrected chi connectivity index (χ1v) is 11.4. The maximum atomic E-state index is 14.3. The van der Waals surface area contributed by atoms with Crippen LogP contribution in [0.5, 0.6) is 0 Å². The molecule has 0 fully saturated rings. The lowest BCUT2D eigenvalue weighted by Gasteiger charge is -2.32. The van der Waals surface area contributed by atoms with Crippen LogP contribution in [0.15, 0.2) is 82.6 Å². The lowest BCUT2D eigenvalue weighted by Crippen LogP contribution is -2.27. The molecule has 36 heavy (non-hydrogen) atoms. The van der Waals surface area contributed by atoms with Crippen molar-refractivity contribution in [3.63, 3.8) is 0 Å². The van der Waals surface area contributed by atoms with Crippen LogP contribution in [0.3, 0.4) is 0 Å². The summed E-state index contributed by atoms with van der Waals surface area (Å²) in [6, 6.07) is 14.1. The van der Waals surface area contributed by atoms with Gasteiger partial charge in [-0.3, -0.25) is 0 Å². The van der Waals surface area contributed by atoms with Gasteiger partial charge in [0.2, 0.25) is 0 Å². The van der Waals surface area contributed by atoms with Crippen molar-refractivity contribution in [3.05, 3.63) is 119 Å². The van der Waals surface area contributed by atoms with Crippen molar-refractivity contribution in [1.29, 1.82) is 0 Å². The summed E-state index contributed by atoms with van der Waals surface area (Å²) in [5.41, 5.74) is 0.625. The predicted octanol–water partition coefficient (Wildman–Crippen LogP) is 8.11. The molecule has 0 spiro atoms. The van der Waals surface area contributed by atoms with E-state index in [0.29, 0.717) is 21.2 Å². The van der Waals surface area contributed by atoms with Crippen LogP contribution in [-0.4, -0.2) is 0 Å². The fourth-order valence-corrected chi connectivity index (χ4v) is 4.20. The minimum atomic E-state index is -1.67. The average Bonchev–Trinajstić information content (AvgIpc) is 2.84. The Morgan fingerprint density at radius 1 is 0.500 bits per heavy atom. The maximum absolute atomic E-state index is 14.3. The number of rotatable bonds is 7. The number of hydrogen-bond acceptors (Lipinski definition) is 4. The van der Waals surface area contributed by atoms with Crippen molar-refractivity contribution in [2.24, 2.45) is 0 Å².